The van der Waals surface area contributed by atoms with E-state index in [1.165, 1.54) is 11.3 Å². The van der Waals surface area contributed by atoms with Gasteiger partial charge in [0.05, 0.1) is 12.1 Å². The highest BCUT2D eigenvalue weighted by Crippen LogP contribution is 2.21. The van der Waals surface area contributed by atoms with E-state index in [1.807, 2.05) is 0 Å². The predicted molar refractivity (Wildman–Crippen MR) is 66.0 cm³/mol. The number of carbonyl (C=O) groups excluding carboxylic acids is 1. The van der Waals surface area contributed by atoms with Crippen LogP contribution in [0.1, 0.15) is 37.7 Å². The predicted octanol–water partition coefficient (Wildman–Crippen LogP) is 2.78. The topological polar surface area (TPSA) is 51.2 Å². The molecule has 0 bridgehead atoms. The van der Waals surface area contributed by atoms with Crippen molar-refractivity contribution in [2.45, 2.75) is 27.2 Å². The Morgan fingerprint density at radius 1 is 1.62 bits per heavy atom. The van der Waals surface area contributed by atoms with Gasteiger partial charge in [0.1, 0.15) is 5.00 Å². The van der Waals surface area contributed by atoms with Gasteiger partial charge in [0.15, 0.2) is 5.69 Å². The van der Waals surface area contributed by atoms with Crippen molar-refractivity contribution in [3.63, 3.8) is 0 Å². The monoisotopic (exact) mass is 242 g/mol. The normalized spacial score (nSPS) is 12.2. The van der Waals surface area contributed by atoms with Gasteiger partial charge in [-0.2, -0.15) is 0 Å². The van der Waals surface area contributed by atoms with E-state index in [2.05, 4.69) is 24.1 Å². The molecule has 0 aliphatic rings. The van der Waals surface area contributed by atoms with Gasteiger partial charge in [-0.15, -0.1) is 11.3 Å². The molecule has 1 unspecified atom stereocenters. The molecule has 0 fully saturated rings. The number of carbonyl (C=O) groups is 1. The van der Waals surface area contributed by atoms with Gasteiger partial charge in [-0.3, -0.25) is 0 Å². The summed E-state index contributed by atoms with van der Waals surface area (Å²) in [6.45, 7) is 7.33. The van der Waals surface area contributed by atoms with Crippen LogP contribution in [0, 0.1) is 5.92 Å². The van der Waals surface area contributed by atoms with E-state index < -0.39 is 0 Å². The lowest BCUT2D eigenvalue weighted by molar-refractivity contribution is 0.0521. The van der Waals surface area contributed by atoms with Crippen molar-refractivity contribution in [3.8, 4) is 0 Å². The summed E-state index contributed by atoms with van der Waals surface area (Å²) in [7, 11) is 0. The van der Waals surface area contributed by atoms with Crippen molar-refractivity contribution in [2.24, 2.45) is 5.92 Å². The third-order valence-corrected chi connectivity index (χ3v) is 3.13. The van der Waals surface area contributed by atoms with Crippen LogP contribution < -0.4 is 5.32 Å². The van der Waals surface area contributed by atoms with Gasteiger partial charge >= 0.3 is 5.97 Å². The van der Waals surface area contributed by atoms with Gasteiger partial charge < -0.3 is 10.1 Å². The average Bonchev–Trinajstić information content (AvgIpc) is 2.74. The molecule has 0 saturated heterocycles. The molecular formula is C11H18N2O2S. The Bertz CT molecular complexity index is 338. The fourth-order valence-corrected chi connectivity index (χ4v) is 1.81. The minimum atomic E-state index is -0.351. The first-order valence-electron chi connectivity index (χ1n) is 5.53. The molecule has 1 aromatic heterocycles. The summed E-state index contributed by atoms with van der Waals surface area (Å²) in [5, 5.41) is 4.04. The zero-order valence-corrected chi connectivity index (χ0v) is 10.8. The van der Waals surface area contributed by atoms with Gasteiger partial charge in [0.2, 0.25) is 0 Å². The van der Waals surface area contributed by atoms with Crippen LogP contribution in [-0.2, 0) is 4.74 Å². The Hall–Kier alpha value is -1.10. The second kappa shape index (κ2) is 6.48. The zero-order valence-electron chi connectivity index (χ0n) is 9.95. The van der Waals surface area contributed by atoms with E-state index in [9.17, 15) is 4.79 Å². The lowest BCUT2D eigenvalue weighted by Gasteiger charge is -2.10. The zero-order chi connectivity index (χ0) is 12.0. The van der Waals surface area contributed by atoms with Gasteiger partial charge in [-0.05, 0) is 12.8 Å². The summed E-state index contributed by atoms with van der Waals surface area (Å²) < 4.78 is 4.93. The van der Waals surface area contributed by atoms with E-state index in [0.717, 1.165) is 18.0 Å². The van der Waals surface area contributed by atoms with E-state index >= 15 is 0 Å². The molecule has 16 heavy (non-hydrogen) atoms. The summed E-state index contributed by atoms with van der Waals surface area (Å²) in [4.78, 5) is 15.5. The van der Waals surface area contributed by atoms with E-state index in [4.69, 9.17) is 4.74 Å². The number of ether oxygens (including phenoxy) is 1. The third kappa shape index (κ3) is 3.48. The smallest absolute Gasteiger partial charge is 0.360 e. The molecule has 1 aromatic rings. The van der Waals surface area contributed by atoms with Crippen molar-refractivity contribution in [1.82, 2.24) is 4.98 Å². The maximum atomic E-state index is 11.5. The van der Waals surface area contributed by atoms with Crippen molar-refractivity contribution in [1.29, 1.82) is 0 Å². The Morgan fingerprint density at radius 3 is 3.00 bits per heavy atom. The standard InChI is InChI=1S/C11H18N2O2S/c1-4-8(3)6-12-10-9(13-7-16-10)11(14)15-5-2/h7-8,12H,4-6H2,1-3H3. The molecule has 0 saturated carbocycles. The second-order valence-corrected chi connectivity index (χ2v) is 4.50. The molecule has 90 valence electrons. The number of nitrogens with zero attached hydrogens (tertiary/aromatic N) is 1. The first-order valence-corrected chi connectivity index (χ1v) is 6.41. The minimum absolute atomic E-state index is 0.351. The molecule has 5 heteroatoms. The molecule has 1 N–H and O–H groups in total. The van der Waals surface area contributed by atoms with Crippen LogP contribution in [0.2, 0.25) is 0 Å². The highest BCUT2D eigenvalue weighted by molar-refractivity contribution is 7.14. The first kappa shape index (κ1) is 13.0. The lowest BCUT2D eigenvalue weighted by atomic mass is 10.1. The lowest BCUT2D eigenvalue weighted by Crippen LogP contribution is -2.13. The van der Waals surface area contributed by atoms with Crippen LogP contribution in [-0.4, -0.2) is 24.1 Å². The maximum Gasteiger partial charge on any atom is 0.360 e. The number of aromatic nitrogens is 1. The molecule has 0 radical (unpaired) electrons. The summed E-state index contributed by atoms with van der Waals surface area (Å²) in [5.74, 6) is 0.229. The minimum Gasteiger partial charge on any atom is -0.461 e. The summed E-state index contributed by atoms with van der Waals surface area (Å²) >= 11 is 1.43. The van der Waals surface area contributed by atoms with Crippen LogP contribution in [0.3, 0.4) is 0 Å². The molecule has 0 aromatic carbocycles. The maximum absolute atomic E-state index is 11.5. The van der Waals surface area contributed by atoms with Crippen LogP contribution in [0.25, 0.3) is 0 Å². The van der Waals surface area contributed by atoms with Gasteiger partial charge in [-0.1, -0.05) is 20.3 Å². The van der Waals surface area contributed by atoms with Crippen LogP contribution in [0.4, 0.5) is 5.00 Å². The van der Waals surface area contributed by atoms with E-state index in [1.54, 1.807) is 12.4 Å². The number of rotatable bonds is 6. The summed E-state index contributed by atoms with van der Waals surface area (Å²) in [6, 6.07) is 0. The molecule has 4 nitrogen and oxygen atoms in total. The number of hydrogen-bond acceptors (Lipinski definition) is 5. The molecule has 1 atom stereocenters. The molecule has 0 spiro atoms. The number of thiazole rings is 1. The first-order chi connectivity index (χ1) is 7.69. The fraction of sp³-hybridized carbons (Fsp3) is 0.636. The number of anilines is 1. The largest absolute Gasteiger partial charge is 0.461 e. The highest BCUT2D eigenvalue weighted by Gasteiger charge is 2.15. The third-order valence-electron chi connectivity index (χ3n) is 2.34. The Kier molecular flexibility index (Phi) is 5.25. The van der Waals surface area contributed by atoms with Gasteiger partial charge in [-0.25, -0.2) is 9.78 Å². The highest BCUT2D eigenvalue weighted by atomic mass is 32.1. The van der Waals surface area contributed by atoms with Crippen LogP contribution in [0.15, 0.2) is 5.51 Å². The van der Waals surface area contributed by atoms with Crippen molar-refractivity contribution >= 4 is 22.3 Å². The number of nitrogens with one attached hydrogen (secondary N) is 1. The van der Waals surface area contributed by atoms with Crippen LogP contribution >= 0.6 is 11.3 Å². The average molecular weight is 242 g/mol. The molecule has 0 aliphatic carbocycles. The van der Waals surface area contributed by atoms with Gasteiger partial charge in [0.25, 0.3) is 0 Å². The quantitative estimate of drug-likeness (QED) is 0.779. The van der Waals surface area contributed by atoms with Crippen molar-refractivity contribution in [2.75, 3.05) is 18.5 Å². The Labute approximate surface area is 100 Å². The second-order valence-electron chi connectivity index (χ2n) is 3.64. The SMILES string of the molecule is CCOC(=O)c1ncsc1NCC(C)CC. The van der Waals surface area contributed by atoms with E-state index in [0.29, 0.717) is 18.2 Å². The van der Waals surface area contributed by atoms with Gasteiger partial charge in [0, 0.05) is 6.54 Å². The molecule has 1 heterocycles. The molecule has 1 rings (SSSR count). The molecule has 0 aliphatic heterocycles. The van der Waals surface area contributed by atoms with Crippen LogP contribution in [0.5, 0.6) is 0 Å². The number of esters is 1. The number of hydrogen-bond donors (Lipinski definition) is 1. The van der Waals surface area contributed by atoms with E-state index in [-0.39, 0.29) is 5.97 Å². The molecular weight excluding hydrogens is 224 g/mol. The van der Waals surface area contributed by atoms with Crippen molar-refractivity contribution < 1.29 is 9.53 Å². The van der Waals surface area contributed by atoms with Crippen molar-refractivity contribution in [3.05, 3.63) is 11.2 Å². The summed E-state index contributed by atoms with van der Waals surface area (Å²) in [5.41, 5.74) is 2.06. The Balaban J connectivity index is 2.60. The summed E-state index contributed by atoms with van der Waals surface area (Å²) in [6.07, 6.45) is 1.11. The fourth-order valence-electron chi connectivity index (χ4n) is 1.13. The Morgan fingerprint density at radius 2 is 2.38 bits per heavy atom. The molecule has 0 amide bonds.